The summed E-state index contributed by atoms with van der Waals surface area (Å²) in [6, 6.07) is 0. The lowest BCUT2D eigenvalue weighted by molar-refractivity contribution is -0.167. The van der Waals surface area contributed by atoms with Crippen LogP contribution < -0.4 is 0 Å². The Hall–Kier alpha value is -2.89. The first-order valence-corrected chi connectivity index (χ1v) is 35.3. The van der Waals surface area contributed by atoms with Crippen molar-refractivity contribution in [1.29, 1.82) is 0 Å². The van der Waals surface area contributed by atoms with Crippen molar-refractivity contribution >= 4 is 17.9 Å². The first-order valence-electron chi connectivity index (χ1n) is 35.3. The van der Waals surface area contributed by atoms with Crippen LogP contribution in [0.1, 0.15) is 374 Å². The summed E-state index contributed by atoms with van der Waals surface area (Å²) < 4.78 is 16.9. The molecule has 466 valence electrons. The Balaban J connectivity index is 4.08. The summed E-state index contributed by atoms with van der Waals surface area (Å²) in [5.41, 5.74) is 0. The molecule has 1 atom stereocenters. The van der Waals surface area contributed by atoms with Crippen molar-refractivity contribution in [3.05, 3.63) is 60.8 Å². The summed E-state index contributed by atoms with van der Waals surface area (Å²) in [7, 11) is 0. The van der Waals surface area contributed by atoms with Gasteiger partial charge in [-0.05, 0) is 89.9 Å². The number of hydrogen-bond donors (Lipinski definition) is 0. The van der Waals surface area contributed by atoms with Crippen LogP contribution in [-0.4, -0.2) is 37.2 Å². The van der Waals surface area contributed by atoms with Crippen LogP contribution in [0.5, 0.6) is 0 Å². The number of carbonyl (C=O) groups excluding carboxylic acids is 3. The third-order valence-electron chi connectivity index (χ3n) is 15.7. The fraction of sp³-hybridized carbons (Fsp3) is 0.824. The lowest BCUT2D eigenvalue weighted by Crippen LogP contribution is -2.30. The van der Waals surface area contributed by atoms with Crippen molar-refractivity contribution in [3.8, 4) is 0 Å². The third-order valence-corrected chi connectivity index (χ3v) is 15.7. The van der Waals surface area contributed by atoms with Crippen molar-refractivity contribution in [2.45, 2.75) is 380 Å². The highest BCUT2D eigenvalue weighted by Gasteiger charge is 2.19. The van der Waals surface area contributed by atoms with Gasteiger partial charge in [-0.25, -0.2) is 0 Å². The van der Waals surface area contributed by atoms with Crippen LogP contribution in [-0.2, 0) is 28.6 Å². The average molecular weight is 1120 g/mol. The molecule has 0 saturated heterocycles. The molecule has 0 heterocycles. The Kier molecular flexibility index (Phi) is 66.1. The van der Waals surface area contributed by atoms with Crippen LogP contribution in [0.4, 0.5) is 0 Å². The van der Waals surface area contributed by atoms with E-state index in [9.17, 15) is 14.4 Å². The molecule has 0 amide bonds. The van der Waals surface area contributed by atoms with E-state index in [4.69, 9.17) is 14.2 Å². The Labute approximate surface area is 498 Å². The fourth-order valence-electron chi connectivity index (χ4n) is 10.4. The number of ether oxygens (including phenoxy) is 3. The van der Waals surface area contributed by atoms with Crippen LogP contribution in [0, 0.1) is 0 Å². The van der Waals surface area contributed by atoms with E-state index in [1.165, 1.54) is 250 Å². The number of hydrogen-bond acceptors (Lipinski definition) is 6. The van der Waals surface area contributed by atoms with Gasteiger partial charge in [-0.1, -0.05) is 326 Å². The molecule has 6 nitrogen and oxygen atoms in total. The van der Waals surface area contributed by atoms with Gasteiger partial charge in [0, 0.05) is 19.3 Å². The maximum absolute atomic E-state index is 12.9. The number of allylic oxidation sites excluding steroid dienone is 10. The van der Waals surface area contributed by atoms with Crippen molar-refractivity contribution in [1.82, 2.24) is 0 Å². The Bertz CT molecular complexity index is 1430. The second kappa shape index (κ2) is 68.6. The first kappa shape index (κ1) is 77.1. The third kappa shape index (κ3) is 65.9. The minimum absolute atomic E-state index is 0.0729. The van der Waals surface area contributed by atoms with Gasteiger partial charge in [-0.2, -0.15) is 0 Å². The highest BCUT2D eigenvalue weighted by atomic mass is 16.6. The van der Waals surface area contributed by atoms with Gasteiger partial charge in [0.25, 0.3) is 0 Å². The van der Waals surface area contributed by atoms with Crippen molar-refractivity contribution in [2.75, 3.05) is 13.2 Å². The molecular formula is C74H134O6. The molecule has 0 fully saturated rings. The van der Waals surface area contributed by atoms with E-state index in [1.54, 1.807) is 0 Å². The number of rotatable bonds is 65. The zero-order valence-electron chi connectivity index (χ0n) is 53.6. The summed E-state index contributed by atoms with van der Waals surface area (Å²) in [5, 5.41) is 0. The topological polar surface area (TPSA) is 78.9 Å². The zero-order chi connectivity index (χ0) is 57.8. The number of carbonyl (C=O) groups is 3. The second-order valence-electron chi connectivity index (χ2n) is 23.8. The molecule has 0 spiro atoms. The van der Waals surface area contributed by atoms with E-state index >= 15 is 0 Å². The van der Waals surface area contributed by atoms with Gasteiger partial charge in [-0.3, -0.25) is 14.4 Å². The molecule has 0 aliphatic carbocycles. The average Bonchev–Trinajstić information content (AvgIpc) is 3.46. The van der Waals surface area contributed by atoms with E-state index in [0.29, 0.717) is 19.3 Å². The van der Waals surface area contributed by atoms with E-state index in [0.717, 1.165) is 83.5 Å². The van der Waals surface area contributed by atoms with E-state index in [2.05, 4.69) is 81.5 Å². The molecule has 0 radical (unpaired) electrons. The van der Waals surface area contributed by atoms with Gasteiger partial charge < -0.3 is 14.2 Å². The molecule has 0 aromatic carbocycles. The van der Waals surface area contributed by atoms with Crippen LogP contribution in [0.15, 0.2) is 60.8 Å². The smallest absolute Gasteiger partial charge is 0.306 e. The Morgan fingerprint density at radius 1 is 0.250 bits per heavy atom. The Morgan fingerprint density at radius 3 is 0.700 bits per heavy atom. The maximum Gasteiger partial charge on any atom is 0.306 e. The molecule has 0 N–H and O–H groups in total. The van der Waals surface area contributed by atoms with E-state index in [1.807, 2.05) is 0 Å². The Morgan fingerprint density at radius 2 is 0.450 bits per heavy atom. The van der Waals surface area contributed by atoms with Crippen molar-refractivity contribution in [3.63, 3.8) is 0 Å². The summed E-state index contributed by atoms with van der Waals surface area (Å²) >= 11 is 0. The molecular weight excluding hydrogens is 985 g/mol. The molecule has 1 unspecified atom stereocenters. The van der Waals surface area contributed by atoms with Crippen LogP contribution >= 0.6 is 0 Å². The summed E-state index contributed by atoms with van der Waals surface area (Å²) in [5.74, 6) is -0.864. The van der Waals surface area contributed by atoms with Gasteiger partial charge >= 0.3 is 17.9 Å². The molecule has 0 aromatic rings. The van der Waals surface area contributed by atoms with Gasteiger partial charge in [0.1, 0.15) is 13.2 Å². The second-order valence-corrected chi connectivity index (χ2v) is 23.8. The van der Waals surface area contributed by atoms with Crippen molar-refractivity contribution < 1.29 is 28.6 Å². The molecule has 0 saturated carbocycles. The summed E-state index contributed by atoms with van der Waals surface area (Å²) in [4.78, 5) is 38.2. The quantitative estimate of drug-likeness (QED) is 0.0261. The molecule has 0 rings (SSSR count). The maximum atomic E-state index is 12.9. The predicted octanol–water partition coefficient (Wildman–Crippen LogP) is 24.3. The molecule has 6 heteroatoms. The fourth-order valence-corrected chi connectivity index (χ4v) is 10.4. The first-order chi connectivity index (χ1) is 39.5. The van der Waals surface area contributed by atoms with E-state index < -0.39 is 6.10 Å². The van der Waals surface area contributed by atoms with Gasteiger partial charge in [0.15, 0.2) is 6.10 Å². The molecule has 0 aromatic heterocycles. The number of unbranched alkanes of at least 4 members (excludes halogenated alkanes) is 44. The SMILES string of the molecule is CCCCCCC/C=C\C/C=C\C/C=C\CCCCCCCCCCC(=O)OC(COC(=O)CCCCCCCCCC)COC(=O)CCCCCCCCCCCCCCCCCCCCC/C=C\C/C=C\CCCCCCC. The van der Waals surface area contributed by atoms with Gasteiger partial charge in [0.2, 0.25) is 0 Å². The highest BCUT2D eigenvalue weighted by Crippen LogP contribution is 2.18. The van der Waals surface area contributed by atoms with Crippen LogP contribution in [0.2, 0.25) is 0 Å². The number of esters is 3. The lowest BCUT2D eigenvalue weighted by Gasteiger charge is -2.18. The molecule has 80 heavy (non-hydrogen) atoms. The monoisotopic (exact) mass is 1120 g/mol. The molecule has 0 bridgehead atoms. The standard InChI is InChI=1S/C74H134O6/c1-4-7-10-13-16-19-21-23-25-27-29-31-33-34-35-36-37-38-39-40-42-43-45-47-49-51-53-55-58-61-64-67-73(76)79-70-71(69-78-72(75)66-63-60-57-18-15-12-9-6-3)80-74(77)68-65-62-59-56-54-52-50-48-46-44-41-32-30-28-26-24-22-20-17-14-11-8-5-2/h21-24,27-30,41,44,71H,4-20,25-26,31-40,42-43,45-70H2,1-3H3/b23-21-,24-22-,29-27-,30-28-,44-41-. The molecule has 0 aliphatic rings. The normalized spacial score (nSPS) is 12.4. The van der Waals surface area contributed by atoms with E-state index in [-0.39, 0.29) is 31.1 Å². The van der Waals surface area contributed by atoms with Gasteiger partial charge in [0.05, 0.1) is 0 Å². The minimum Gasteiger partial charge on any atom is -0.462 e. The summed E-state index contributed by atoms with van der Waals surface area (Å²) in [6.07, 6.45) is 88.4. The largest absolute Gasteiger partial charge is 0.462 e. The predicted molar refractivity (Wildman–Crippen MR) is 348 cm³/mol. The molecule has 0 aliphatic heterocycles. The minimum atomic E-state index is -0.775. The highest BCUT2D eigenvalue weighted by molar-refractivity contribution is 5.71. The van der Waals surface area contributed by atoms with Crippen LogP contribution in [0.25, 0.3) is 0 Å². The zero-order valence-corrected chi connectivity index (χ0v) is 53.6. The van der Waals surface area contributed by atoms with Gasteiger partial charge in [-0.15, -0.1) is 0 Å². The van der Waals surface area contributed by atoms with Crippen molar-refractivity contribution in [2.24, 2.45) is 0 Å². The summed E-state index contributed by atoms with van der Waals surface area (Å²) in [6.45, 7) is 6.63. The van der Waals surface area contributed by atoms with Crippen LogP contribution in [0.3, 0.4) is 0 Å². The lowest BCUT2D eigenvalue weighted by atomic mass is 10.0.